The molecular weight excluding hydrogens is 198 g/mol. The fourth-order valence-electron chi connectivity index (χ4n) is 2.70. The number of hydrogen-bond donors (Lipinski definition) is 1. The second-order valence-electron chi connectivity index (χ2n) is 6.59. The van der Waals surface area contributed by atoms with Crippen LogP contribution in [0.25, 0.3) is 0 Å². The lowest BCUT2D eigenvalue weighted by Crippen LogP contribution is -2.48. The Hall–Kier alpha value is 0.177. The Morgan fingerprint density at radius 2 is 1.60 bits per heavy atom. The Labute approximate surface area is 97.9 Å². The van der Waals surface area contributed by atoms with Gasteiger partial charge >= 0.3 is 0 Å². The van der Waals surface area contributed by atoms with Gasteiger partial charge in [0.2, 0.25) is 0 Å². The molecule has 0 heterocycles. The molecule has 0 amide bonds. The van der Waals surface area contributed by atoms with Crippen LogP contribution in [0.5, 0.6) is 0 Å². The van der Waals surface area contributed by atoms with E-state index in [-0.39, 0.29) is 0 Å². The molecule has 1 unspecified atom stereocenters. The van der Waals surface area contributed by atoms with Crippen molar-refractivity contribution in [2.45, 2.75) is 78.4 Å². The molecule has 0 saturated heterocycles. The van der Waals surface area contributed by atoms with Gasteiger partial charge in [-0.1, -0.05) is 72.9 Å². The quantitative estimate of drug-likeness (QED) is 0.525. The van der Waals surface area contributed by atoms with Gasteiger partial charge < -0.3 is 5.40 Å². The summed E-state index contributed by atoms with van der Waals surface area (Å²) < 4.78 is 0. The SMILES string of the molecule is CCCCCCC(C(C)(C)C)[Si](C)(C)N. The summed E-state index contributed by atoms with van der Waals surface area (Å²) in [5, 5.41) is 6.42. The average Bonchev–Trinajstić information content (AvgIpc) is 1.99. The largest absolute Gasteiger partial charge is 0.351 e. The normalized spacial score (nSPS) is 15.4. The summed E-state index contributed by atoms with van der Waals surface area (Å²) in [5.41, 5.74) is 1.14. The van der Waals surface area contributed by atoms with E-state index in [1.54, 1.807) is 0 Å². The first-order valence-electron chi connectivity index (χ1n) is 6.48. The van der Waals surface area contributed by atoms with Crippen molar-refractivity contribution in [1.29, 1.82) is 0 Å². The zero-order valence-corrected chi connectivity index (χ0v) is 12.7. The molecule has 0 spiro atoms. The Kier molecular flexibility index (Phi) is 6.12. The van der Waals surface area contributed by atoms with Crippen LogP contribution in [-0.2, 0) is 0 Å². The molecule has 0 aromatic heterocycles. The van der Waals surface area contributed by atoms with Crippen LogP contribution in [0, 0.1) is 5.41 Å². The fourth-order valence-corrected chi connectivity index (χ4v) is 5.88. The Balaban J connectivity index is 4.17. The number of unbranched alkanes of at least 4 members (excludes halogenated alkanes) is 3. The highest BCUT2D eigenvalue weighted by molar-refractivity contribution is 6.75. The van der Waals surface area contributed by atoms with Gasteiger partial charge in [-0.05, 0) is 11.0 Å². The molecule has 2 N–H and O–H groups in total. The lowest BCUT2D eigenvalue weighted by atomic mass is 9.88. The lowest BCUT2D eigenvalue weighted by molar-refractivity contribution is 0.346. The summed E-state index contributed by atoms with van der Waals surface area (Å²) in [6.07, 6.45) is 6.78. The molecule has 92 valence electrons. The van der Waals surface area contributed by atoms with Crippen molar-refractivity contribution in [3.05, 3.63) is 0 Å². The van der Waals surface area contributed by atoms with Gasteiger partial charge in [0.15, 0.2) is 0 Å². The van der Waals surface area contributed by atoms with E-state index < -0.39 is 8.24 Å². The summed E-state index contributed by atoms with van der Waals surface area (Å²) in [6, 6.07) is 0. The Morgan fingerprint density at radius 1 is 1.07 bits per heavy atom. The highest BCUT2D eigenvalue weighted by atomic mass is 28.3. The van der Waals surface area contributed by atoms with Gasteiger partial charge in [0.25, 0.3) is 0 Å². The van der Waals surface area contributed by atoms with Gasteiger partial charge in [-0.2, -0.15) is 0 Å². The maximum absolute atomic E-state index is 6.42. The van der Waals surface area contributed by atoms with Crippen molar-refractivity contribution in [3.8, 4) is 0 Å². The summed E-state index contributed by atoms with van der Waals surface area (Å²) in [5.74, 6) is 0. The first-order valence-corrected chi connectivity index (χ1v) is 9.64. The van der Waals surface area contributed by atoms with Crippen LogP contribution in [0.1, 0.15) is 59.8 Å². The molecule has 1 atom stereocenters. The molecule has 15 heavy (non-hydrogen) atoms. The highest BCUT2D eigenvalue weighted by Gasteiger charge is 2.36. The van der Waals surface area contributed by atoms with Crippen molar-refractivity contribution in [1.82, 2.24) is 0 Å². The molecule has 0 aliphatic heterocycles. The van der Waals surface area contributed by atoms with Crippen LogP contribution >= 0.6 is 0 Å². The van der Waals surface area contributed by atoms with Crippen LogP contribution in [0.3, 0.4) is 0 Å². The van der Waals surface area contributed by atoms with Crippen molar-refractivity contribution in [2.24, 2.45) is 10.8 Å². The first-order chi connectivity index (χ1) is 6.69. The zero-order chi connectivity index (χ0) is 12.1. The predicted molar refractivity (Wildman–Crippen MR) is 73.6 cm³/mol. The molecule has 0 saturated carbocycles. The number of rotatable bonds is 6. The molecule has 0 aliphatic carbocycles. The lowest BCUT2D eigenvalue weighted by Gasteiger charge is -2.39. The maximum Gasteiger partial charge on any atom is 0.120 e. The van der Waals surface area contributed by atoms with Crippen molar-refractivity contribution in [3.63, 3.8) is 0 Å². The molecule has 0 bridgehead atoms. The van der Waals surface area contributed by atoms with E-state index in [0.717, 1.165) is 5.54 Å². The summed E-state index contributed by atoms with van der Waals surface area (Å²) in [7, 11) is -1.48. The van der Waals surface area contributed by atoms with E-state index in [0.29, 0.717) is 5.41 Å². The summed E-state index contributed by atoms with van der Waals surface area (Å²) >= 11 is 0. The fraction of sp³-hybridized carbons (Fsp3) is 1.00. The minimum atomic E-state index is -1.48. The second kappa shape index (κ2) is 6.05. The smallest absolute Gasteiger partial charge is 0.120 e. The van der Waals surface area contributed by atoms with Crippen molar-refractivity contribution >= 4 is 8.24 Å². The van der Waals surface area contributed by atoms with Gasteiger partial charge in [0, 0.05) is 0 Å². The molecule has 0 radical (unpaired) electrons. The van der Waals surface area contributed by atoms with E-state index in [9.17, 15) is 0 Å². The number of hydrogen-bond acceptors (Lipinski definition) is 1. The zero-order valence-electron chi connectivity index (χ0n) is 11.7. The Bertz CT molecular complexity index is 150. The minimum absolute atomic E-state index is 0.386. The third kappa shape index (κ3) is 6.36. The van der Waals surface area contributed by atoms with E-state index in [1.807, 2.05) is 0 Å². The third-order valence-electron chi connectivity index (χ3n) is 3.29. The second-order valence-corrected chi connectivity index (χ2v) is 10.9. The molecule has 1 nitrogen and oxygen atoms in total. The van der Waals surface area contributed by atoms with Crippen LogP contribution in [0.2, 0.25) is 18.6 Å². The third-order valence-corrected chi connectivity index (χ3v) is 6.24. The topological polar surface area (TPSA) is 26.0 Å². The van der Waals surface area contributed by atoms with Gasteiger partial charge in [0.1, 0.15) is 8.24 Å². The Morgan fingerprint density at radius 3 is 1.93 bits per heavy atom. The van der Waals surface area contributed by atoms with Crippen LogP contribution < -0.4 is 5.40 Å². The predicted octanol–water partition coefficient (Wildman–Crippen LogP) is 4.54. The standard InChI is InChI=1S/C13H31NSi/c1-7-8-9-10-11-12(13(2,3)4)15(5,6)14/h12H,7-11,14H2,1-6H3. The summed E-state index contributed by atoms with van der Waals surface area (Å²) in [6.45, 7) is 13.9. The minimum Gasteiger partial charge on any atom is -0.351 e. The molecule has 0 fully saturated rings. The van der Waals surface area contributed by atoms with Gasteiger partial charge in [-0.3, -0.25) is 0 Å². The molecular formula is C13H31NSi. The molecule has 0 aromatic rings. The van der Waals surface area contributed by atoms with Gasteiger partial charge in [0.05, 0.1) is 0 Å². The van der Waals surface area contributed by atoms with E-state index >= 15 is 0 Å². The highest BCUT2D eigenvalue weighted by Crippen LogP contribution is 2.40. The average molecular weight is 229 g/mol. The van der Waals surface area contributed by atoms with Crippen LogP contribution in [0.4, 0.5) is 0 Å². The molecule has 0 aromatic carbocycles. The van der Waals surface area contributed by atoms with E-state index in [1.165, 1.54) is 32.1 Å². The molecule has 0 rings (SSSR count). The molecule has 2 heteroatoms. The van der Waals surface area contributed by atoms with E-state index in [4.69, 9.17) is 5.40 Å². The van der Waals surface area contributed by atoms with Gasteiger partial charge in [-0.25, -0.2) is 0 Å². The van der Waals surface area contributed by atoms with Crippen LogP contribution in [-0.4, -0.2) is 8.24 Å². The van der Waals surface area contributed by atoms with Crippen LogP contribution in [0.15, 0.2) is 0 Å². The van der Waals surface area contributed by atoms with Crippen molar-refractivity contribution in [2.75, 3.05) is 0 Å². The first kappa shape index (κ1) is 15.2. The maximum atomic E-state index is 6.42. The molecule has 0 aliphatic rings. The monoisotopic (exact) mass is 229 g/mol. The van der Waals surface area contributed by atoms with Gasteiger partial charge in [-0.15, -0.1) is 0 Å². The van der Waals surface area contributed by atoms with Crippen molar-refractivity contribution < 1.29 is 0 Å². The summed E-state index contributed by atoms with van der Waals surface area (Å²) in [4.78, 5) is 0. The number of nitrogens with two attached hydrogens (primary N) is 1. The van der Waals surface area contributed by atoms with E-state index in [2.05, 4.69) is 40.8 Å².